The predicted octanol–water partition coefficient (Wildman–Crippen LogP) is 1.08. The molecule has 4 rings (SSSR count). The van der Waals surface area contributed by atoms with E-state index in [0.717, 1.165) is 0 Å². The first-order valence-electron chi connectivity index (χ1n) is 9.50. The summed E-state index contributed by atoms with van der Waals surface area (Å²) in [4.78, 5) is 37.5. The molecule has 0 bridgehead atoms. The molecule has 3 heterocycles. The number of amides is 3. The van der Waals surface area contributed by atoms with Gasteiger partial charge < -0.3 is 14.8 Å². The van der Waals surface area contributed by atoms with Crippen LogP contribution in [0, 0.1) is 5.82 Å². The average Bonchev–Trinajstić information content (AvgIpc) is 2.97. The molecule has 29 heavy (non-hydrogen) atoms. The third kappa shape index (κ3) is 3.44. The number of benzene rings is 1. The topological polar surface area (TPSA) is 108 Å². The van der Waals surface area contributed by atoms with Crippen molar-refractivity contribution in [1.29, 1.82) is 0 Å². The van der Waals surface area contributed by atoms with Crippen LogP contribution in [0.1, 0.15) is 25.7 Å². The number of halogens is 1. The molecule has 0 radical (unpaired) electrons. The standard InChI is InChI=1S/C19H22FN5O4/c1-23-14-11-15(24-7-3-19(29,4-8-24)5-9-26)13(20)10-12(14)17(22-23)25-6-2-16(27)21-18(25)28/h9-11,29H,2-8H2,1H3,(H,21,27,28). The van der Waals surface area contributed by atoms with Gasteiger partial charge in [0.15, 0.2) is 5.82 Å². The maximum absolute atomic E-state index is 15.0. The molecule has 2 fully saturated rings. The third-order valence-corrected chi connectivity index (χ3v) is 5.71. The highest BCUT2D eigenvalue weighted by atomic mass is 19.1. The van der Waals surface area contributed by atoms with Gasteiger partial charge in [0.25, 0.3) is 0 Å². The third-order valence-electron chi connectivity index (χ3n) is 5.71. The fraction of sp³-hybridized carbons (Fsp3) is 0.474. The van der Waals surface area contributed by atoms with Crippen molar-refractivity contribution in [2.75, 3.05) is 29.4 Å². The maximum atomic E-state index is 15.0. The monoisotopic (exact) mass is 403 g/mol. The molecule has 1 aromatic heterocycles. The molecule has 2 aromatic rings. The Morgan fingerprint density at radius 3 is 2.66 bits per heavy atom. The number of aliphatic hydroxyl groups is 1. The highest BCUT2D eigenvalue weighted by Gasteiger charge is 2.33. The van der Waals surface area contributed by atoms with E-state index in [-0.39, 0.29) is 25.3 Å². The smallest absolute Gasteiger partial charge is 0.329 e. The van der Waals surface area contributed by atoms with Crippen molar-refractivity contribution in [2.24, 2.45) is 7.05 Å². The van der Waals surface area contributed by atoms with E-state index in [9.17, 15) is 23.9 Å². The summed E-state index contributed by atoms with van der Waals surface area (Å²) >= 11 is 0. The van der Waals surface area contributed by atoms with Crippen molar-refractivity contribution in [3.8, 4) is 0 Å². The predicted molar refractivity (Wildman–Crippen MR) is 103 cm³/mol. The van der Waals surface area contributed by atoms with Crippen LogP contribution >= 0.6 is 0 Å². The van der Waals surface area contributed by atoms with Gasteiger partial charge in [-0.25, -0.2) is 9.18 Å². The first-order valence-corrected chi connectivity index (χ1v) is 9.50. The van der Waals surface area contributed by atoms with E-state index < -0.39 is 17.4 Å². The minimum Gasteiger partial charge on any atom is -0.389 e. The van der Waals surface area contributed by atoms with E-state index in [0.29, 0.717) is 54.6 Å². The molecule has 0 unspecified atom stereocenters. The van der Waals surface area contributed by atoms with Crippen LogP contribution in [0.3, 0.4) is 0 Å². The lowest BCUT2D eigenvalue weighted by Crippen LogP contribution is -2.49. The molecule has 1 aromatic carbocycles. The number of fused-ring (bicyclic) bond motifs is 1. The van der Waals surface area contributed by atoms with Gasteiger partial charge in [-0.1, -0.05) is 0 Å². The van der Waals surface area contributed by atoms with E-state index in [4.69, 9.17) is 0 Å². The van der Waals surface area contributed by atoms with Gasteiger partial charge in [-0.05, 0) is 25.0 Å². The Balaban J connectivity index is 1.65. The van der Waals surface area contributed by atoms with Crippen molar-refractivity contribution in [1.82, 2.24) is 15.1 Å². The van der Waals surface area contributed by atoms with Crippen molar-refractivity contribution in [3.63, 3.8) is 0 Å². The van der Waals surface area contributed by atoms with Gasteiger partial charge in [0.2, 0.25) is 5.91 Å². The Bertz CT molecular complexity index is 996. The minimum atomic E-state index is -1.03. The fourth-order valence-corrected chi connectivity index (χ4v) is 3.98. The molecular weight excluding hydrogens is 381 g/mol. The van der Waals surface area contributed by atoms with E-state index in [1.54, 1.807) is 17.8 Å². The lowest BCUT2D eigenvalue weighted by atomic mass is 9.88. The van der Waals surface area contributed by atoms with Gasteiger partial charge in [-0.3, -0.25) is 19.7 Å². The SMILES string of the molecule is Cn1nc(N2CCC(=O)NC2=O)c2cc(F)c(N3CCC(O)(CC=O)CC3)cc21. The quantitative estimate of drug-likeness (QED) is 0.740. The summed E-state index contributed by atoms with van der Waals surface area (Å²) in [5, 5.41) is 17.5. The number of aromatic nitrogens is 2. The lowest BCUT2D eigenvalue weighted by molar-refractivity contribution is -0.120. The zero-order valence-electron chi connectivity index (χ0n) is 16.0. The second-order valence-corrected chi connectivity index (χ2v) is 7.61. The van der Waals surface area contributed by atoms with Crippen molar-refractivity contribution < 1.29 is 23.9 Å². The Morgan fingerprint density at radius 1 is 1.28 bits per heavy atom. The number of aryl methyl sites for hydroxylation is 1. The number of carbonyl (C=O) groups is 3. The number of imide groups is 1. The van der Waals surface area contributed by atoms with Crippen LogP contribution in [-0.2, 0) is 16.6 Å². The summed E-state index contributed by atoms with van der Waals surface area (Å²) in [5.41, 5.74) is 0.00529. The molecule has 154 valence electrons. The van der Waals surface area contributed by atoms with Crippen LogP contribution in [-0.4, -0.2) is 58.3 Å². The second kappa shape index (κ2) is 7.11. The number of aldehydes is 1. The normalized spacial score (nSPS) is 19.6. The van der Waals surface area contributed by atoms with Crippen molar-refractivity contribution in [2.45, 2.75) is 31.3 Å². The molecule has 0 atom stereocenters. The number of nitrogens with one attached hydrogen (secondary N) is 1. The lowest BCUT2D eigenvalue weighted by Gasteiger charge is -2.38. The molecule has 0 spiro atoms. The van der Waals surface area contributed by atoms with E-state index >= 15 is 0 Å². The van der Waals surface area contributed by atoms with Crippen LogP contribution in [0.25, 0.3) is 10.9 Å². The summed E-state index contributed by atoms with van der Waals surface area (Å²) in [6.07, 6.45) is 1.70. The summed E-state index contributed by atoms with van der Waals surface area (Å²) < 4.78 is 16.6. The zero-order chi connectivity index (χ0) is 20.8. The average molecular weight is 403 g/mol. The summed E-state index contributed by atoms with van der Waals surface area (Å²) in [7, 11) is 1.71. The van der Waals surface area contributed by atoms with Crippen molar-refractivity contribution >= 4 is 40.6 Å². The number of piperidine rings is 1. The van der Waals surface area contributed by atoms with Crippen LogP contribution < -0.4 is 15.1 Å². The molecular formula is C19H22FN5O4. The number of rotatable bonds is 4. The van der Waals surface area contributed by atoms with Gasteiger partial charge in [0.05, 0.1) is 16.8 Å². The number of nitrogens with zero attached hydrogens (tertiary/aromatic N) is 4. The Morgan fingerprint density at radius 2 is 2.00 bits per heavy atom. The Kier molecular flexibility index (Phi) is 4.73. The van der Waals surface area contributed by atoms with E-state index in [1.807, 2.05) is 4.90 Å². The number of carbonyl (C=O) groups excluding carboxylic acids is 3. The fourth-order valence-electron chi connectivity index (χ4n) is 3.98. The maximum Gasteiger partial charge on any atom is 0.329 e. The van der Waals surface area contributed by atoms with E-state index in [1.165, 1.54) is 11.0 Å². The molecule has 2 aliphatic rings. The van der Waals surface area contributed by atoms with Crippen LogP contribution in [0.5, 0.6) is 0 Å². The molecule has 2 saturated heterocycles. The van der Waals surface area contributed by atoms with Crippen LogP contribution in [0.2, 0.25) is 0 Å². The first kappa shape index (κ1) is 19.3. The van der Waals surface area contributed by atoms with Crippen LogP contribution in [0.15, 0.2) is 12.1 Å². The molecule has 0 saturated carbocycles. The molecule has 2 aliphatic heterocycles. The Labute approximate surface area is 166 Å². The molecule has 10 heteroatoms. The van der Waals surface area contributed by atoms with Gasteiger partial charge in [-0.2, -0.15) is 5.10 Å². The number of urea groups is 1. The highest BCUT2D eigenvalue weighted by molar-refractivity contribution is 6.09. The number of anilines is 2. The summed E-state index contributed by atoms with van der Waals surface area (Å²) in [5.74, 6) is -0.502. The number of hydrogen-bond acceptors (Lipinski definition) is 6. The van der Waals surface area contributed by atoms with Crippen molar-refractivity contribution in [3.05, 3.63) is 17.9 Å². The first-order chi connectivity index (χ1) is 13.8. The summed E-state index contributed by atoms with van der Waals surface area (Å²) in [6.45, 7) is 1.03. The molecule has 9 nitrogen and oxygen atoms in total. The van der Waals surface area contributed by atoms with Gasteiger partial charge >= 0.3 is 6.03 Å². The number of hydrogen-bond donors (Lipinski definition) is 2. The van der Waals surface area contributed by atoms with Gasteiger partial charge in [0, 0.05) is 44.9 Å². The van der Waals surface area contributed by atoms with Gasteiger partial charge in [0.1, 0.15) is 12.1 Å². The van der Waals surface area contributed by atoms with Gasteiger partial charge in [-0.15, -0.1) is 0 Å². The molecule has 2 N–H and O–H groups in total. The van der Waals surface area contributed by atoms with E-state index in [2.05, 4.69) is 10.4 Å². The summed E-state index contributed by atoms with van der Waals surface area (Å²) in [6, 6.07) is 2.46. The highest BCUT2D eigenvalue weighted by Crippen LogP contribution is 2.35. The second-order valence-electron chi connectivity index (χ2n) is 7.61. The molecule has 3 amide bonds. The Hall–Kier alpha value is -3.01. The van der Waals surface area contributed by atoms with Crippen LogP contribution in [0.4, 0.5) is 20.7 Å². The largest absolute Gasteiger partial charge is 0.389 e. The molecule has 0 aliphatic carbocycles. The minimum absolute atomic E-state index is 0.0772. The zero-order valence-corrected chi connectivity index (χ0v) is 16.0.